The Hall–Kier alpha value is -2.51. The van der Waals surface area contributed by atoms with Crippen molar-refractivity contribution in [1.29, 1.82) is 0 Å². The number of nitrogens with zero attached hydrogens (tertiary/aromatic N) is 2. The number of carbonyl (C=O) groups is 2. The van der Waals surface area contributed by atoms with E-state index in [9.17, 15) is 9.59 Å². The average molecular weight is 522 g/mol. The molecule has 0 saturated carbocycles. The fourth-order valence-corrected chi connectivity index (χ4v) is 2.88. The van der Waals surface area contributed by atoms with Gasteiger partial charge in [-0.2, -0.15) is 0 Å². The summed E-state index contributed by atoms with van der Waals surface area (Å²) >= 11 is 6.50. The highest BCUT2D eigenvalue weighted by molar-refractivity contribution is 9.10. The van der Waals surface area contributed by atoms with E-state index in [1.54, 1.807) is 30.5 Å². The van der Waals surface area contributed by atoms with Crippen LogP contribution in [0.15, 0.2) is 81.9 Å². The first-order chi connectivity index (χ1) is 13.8. The average Bonchev–Trinajstić information content (AvgIpc) is 2.69. The Morgan fingerprint density at radius 3 is 2.07 bits per heavy atom. The van der Waals surface area contributed by atoms with E-state index in [0.717, 1.165) is 26.6 Å². The third-order valence-electron chi connectivity index (χ3n) is 3.34. The molecule has 0 spiro atoms. The molecule has 0 unspecified atom stereocenters. The number of aldehydes is 1. The molecule has 2 aromatic carbocycles. The van der Waals surface area contributed by atoms with Gasteiger partial charge in [0.2, 0.25) is 0 Å². The maximum Gasteiger partial charge on any atom is 0.307 e. The third-order valence-corrected chi connectivity index (χ3v) is 4.32. The van der Waals surface area contributed by atoms with Crippen molar-refractivity contribution in [2.24, 2.45) is 0 Å². The topological polar surface area (TPSA) is 70.5 Å². The molecular formula is C22H22Br2N2O3. The van der Waals surface area contributed by atoms with Crippen LogP contribution in [0.5, 0.6) is 0 Å². The molecule has 1 heterocycles. The SMILES string of the molecule is CN(C)c1ccccn1.O=C(O)Cc1cccc(Br)c1.O=Cc1cccc(Br)c1. The number of pyridine rings is 1. The molecule has 0 aliphatic carbocycles. The van der Waals surface area contributed by atoms with Crippen LogP contribution in [0.1, 0.15) is 15.9 Å². The minimum Gasteiger partial charge on any atom is -0.481 e. The largest absolute Gasteiger partial charge is 0.481 e. The lowest BCUT2D eigenvalue weighted by atomic mass is 10.2. The van der Waals surface area contributed by atoms with E-state index < -0.39 is 5.97 Å². The molecule has 3 aromatic rings. The summed E-state index contributed by atoms with van der Waals surface area (Å²) in [4.78, 5) is 26.5. The van der Waals surface area contributed by atoms with Crippen molar-refractivity contribution in [3.8, 4) is 0 Å². The molecule has 0 amide bonds. The molecule has 3 rings (SSSR count). The Bertz CT molecular complexity index is 903. The van der Waals surface area contributed by atoms with Gasteiger partial charge in [-0.25, -0.2) is 4.98 Å². The smallest absolute Gasteiger partial charge is 0.307 e. The zero-order valence-electron chi connectivity index (χ0n) is 16.1. The first kappa shape index (κ1) is 24.5. The number of carboxylic acids is 1. The number of benzene rings is 2. The lowest BCUT2D eigenvalue weighted by Crippen LogP contribution is -2.09. The highest BCUT2D eigenvalue weighted by Crippen LogP contribution is 2.12. The zero-order valence-corrected chi connectivity index (χ0v) is 19.3. The minimum atomic E-state index is -0.803. The van der Waals surface area contributed by atoms with Crippen molar-refractivity contribution >= 4 is 49.9 Å². The van der Waals surface area contributed by atoms with Crippen molar-refractivity contribution in [3.05, 3.63) is 93.0 Å². The molecule has 0 atom stereocenters. The number of rotatable bonds is 4. The Balaban J connectivity index is 0.000000219. The van der Waals surface area contributed by atoms with Crippen LogP contribution in [-0.2, 0) is 11.2 Å². The van der Waals surface area contributed by atoms with Crippen molar-refractivity contribution in [1.82, 2.24) is 4.98 Å². The van der Waals surface area contributed by atoms with E-state index in [4.69, 9.17) is 5.11 Å². The Kier molecular flexibility index (Phi) is 11.5. The molecule has 1 N–H and O–H groups in total. The van der Waals surface area contributed by atoms with Gasteiger partial charge >= 0.3 is 5.97 Å². The van der Waals surface area contributed by atoms with Gasteiger partial charge in [0.05, 0.1) is 6.42 Å². The second kappa shape index (κ2) is 13.6. The number of anilines is 1. The molecule has 0 fully saturated rings. The van der Waals surface area contributed by atoms with Gasteiger partial charge in [0.15, 0.2) is 0 Å². The van der Waals surface area contributed by atoms with Crippen LogP contribution in [-0.4, -0.2) is 36.4 Å². The van der Waals surface area contributed by atoms with Crippen molar-refractivity contribution < 1.29 is 14.7 Å². The predicted octanol–water partition coefficient (Wildman–Crippen LogP) is 5.49. The van der Waals surface area contributed by atoms with E-state index >= 15 is 0 Å². The summed E-state index contributed by atoms with van der Waals surface area (Å²) in [5.41, 5.74) is 1.51. The molecule has 7 heteroatoms. The Morgan fingerprint density at radius 1 is 1.00 bits per heavy atom. The zero-order chi connectivity index (χ0) is 21.6. The number of hydrogen-bond acceptors (Lipinski definition) is 4. The predicted molar refractivity (Wildman–Crippen MR) is 124 cm³/mol. The van der Waals surface area contributed by atoms with Crippen molar-refractivity contribution in [3.63, 3.8) is 0 Å². The van der Waals surface area contributed by atoms with Gasteiger partial charge in [-0.1, -0.05) is 62.2 Å². The monoisotopic (exact) mass is 520 g/mol. The van der Waals surface area contributed by atoms with Gasteiger partial charge in [0.25, 0.3) is 0 Å². The minimum absolute atomic E-state index is 0.0828. The van der Waals surface area contributed by atoms with Crippen LogP contribution in [0.2, 0.25) is 0 Å². The van der Waals surface area contributed by atoms with E-state index in [1.807, 2.05) is 61.5 Å². The highest BCUT2D eigenvalue weighted by atomic mass is 79.9. The number of aliphatic carboxylic acids is 1. The molecule has 0 radical (unpaired) electrons. The second-order valence-corrected chi connectivity index (χ2v) is 7.79. The molecule has 0 aliphatic heterocycles. The van der Waals surface area contributed by atoms with Gasteiger partial charge in [-0.3, -0.25) is 9.59 Å². The lowest BCUT2D eigenvalue weighted by molar-refractivity contribution is -0.136. The maximum absolute atomic E-state index is 10.3. The standard InChI is InChI=1S/C8H7BrO2.C7H5BrO.C7H10N2/c9-7-3-1-2-6(4-7)5-8(10)11;8-7-3-1-2-6(4-7)5-9;1-9(2)7-5-3-4-6-8-7/h1-4H,5H2,(H,10,11);1-5H;3-6H,1-2H3. The first-order valence-corrected chi connectivity index (χ1v) is 10.2. The lowest BCUT2D eigenvalue weighted by Gasteiger charge is -2.08. The van der Waals surface area contributed by atoms with E-state index in [0.29, 0.717) is 5.56 Å². The number of hydrogen-bond donors (Lipinski definition) is 1. The van der Waals surface area contributed by atoms with Gasteiger partial charge in [0, 0.05) is 34.8 Å². The van der Waals surface area contributed by atoms with Crippen LogP contribution >= 0.6 is 31.9 Å². The van der Waals surface area contributed by atoms with E-state index in [-0.39, 0.29) is 6.42 Å². The van der Waals surface area contributed by atoms with Crippen LogP contribution < -0.4 is 4.90 Å². The number of halogens is 2. The van der Waals surface area contributed by atoms with Crippen molar-refractivity contribution in [2.75, 3.05) is 19.0 Å². The summed E-state index contributed by atoms with van der Waals surface area (Å²) in [7, 11) is 3.95. The summed E-state index contributed by atoms with van der Waals surface area (Å²) in [5.74, 6) is 0.195. The fourth-order valence-electron chi connectivity index (χ4n) is 2.02. The first-order valence-electron chi connectivity index (χ1n) is 8.57. The molecule has 152 valence electrons. The van der Waals surface area contributed by atoms with Gasteiger partial charge in [-0.15, -0.1) is 0 Å². The van der Waals surface area contributed by atoms with Crippen LogP contribution in [0.3, 0.4) is 0 Å². The summed E-state index contributed by atoms with van der Waals surface area (Å²) < 4.78 is 1.85. The summed E-state index contributed by atoms with van der Waals surface area (Å²) in [6.07, 6.45) is 2.69. The summed E-state index contributed by atoms with van der Waals surface area (Å²) in [6, 6.07) is 20.4. The fraction of sp³-hybridized carbons (Fsp3) is 0.136. The molecule has 1 aromatic heterocycles. The molecule has 29 heavy (non-hydrogen) atoms. The maximum atomic E-state index is 10.3. The van der Waals surface area contributed by atoms with E-state index in [2.05, 4.69) is 36.8 Å². The Labute approximate surface area is 187 Å². The quantitative estimate of drug-likeness (QED) is 0.460. The normalized spacial score (nSPS) is 9.24. The number of carbonyl (C=O) groups excluding carboxylic acids is 1. The van der Waals surface area contributed by atoms with Gasteiger partial charge < -0.3 is 10.0 Å². The van der Waals surface area contributed by atoms with Crippen LogP contribution in [0.25, 0.3) is 0 Å². The molecule has 0 bridgehead atoms. The summed E-state index contributed by atoms with van der Waals surface area (Å²) in [5, 5.41) is 8.44. The van der Waals surface area contributed by atoms with Gasteiger partial charge in [0.1, 0.15) is 12.1 Å². The number of aromatic nitrogens is 1. The summed E-state index contributed by atoms with van der Waals surface area (Å²) in [6.45, 7) is 0. The Morgan fingerprint density at radius 2 is 1.66 bits per heavy atom. The highest BCUT2D eigenvalue weighted by Gasteiger charge is 1.99. The second-order valence-electron chi connectivity index (χ2n) is 5.96. The third kappa shape index (κ3) is 11.2. The van der Waals surface area contributed by atoms with E-state index in [1.165, 1.54) is 0 Å². The molecular weight excluding hydrogens is 500 g/mol. The van der Waals surface area contributed by atoms with Crippen molar-refractivity contribution in [2.45, 2.75) is 6.42 Å². The number of carboxylic acid groups (broad SMARTS) is 1. The van der Waals surface area contributed by atoms with Crippen LogP contribution in [0, 0.1) is 0 Å². The molecule has 0 saturated heterocycles. The van der Waals surface area contributed by atoms with Crippen LogP contribution in [0.4, 0.5) is 5.82 Å². The molecule has 0 aliphatic rings. The van der Waals surface area contributed by atoms with Gasteiger partial charge in [-0.05, 0) is 42.0 Å². The molecule has 5 nitrogen and oxygen atoms in total.